The van der Waals surface area contributed by atoms with E-state index < -0.39 is 21.6 Å². The van der Waals surface area contributed by atoms with Crippen LogP contribution in [0.3, 0.4) is 0 Å². The summed E-state index contributed by atoms with van der Waals surface area (Å²) < 4.78 is 65.1. The molecule has 4 nitrogen and oxygen atoms in total. The Morgan fingerprint density at radius 2 is 1.57 bits per heavy atom. The monoisotopic (exact) mass is 626 g/mol. The molecular formula is C32H23Cl2F3N2O2S. The van der Waals surface area contributed by atoms with E-state index in [0.29, 0.717) is 44.8 Å². The van der Waals surface area contributed by atoms with Gasteiger partial charge in [0.25, 0.3) is 0 Å². The Labute approximate surface area is 251 Å². The molecule has 0 atom stereocenters. The van der Waals surface area contributed by atoms with Crippen molar-refractivity contribution in [1.29, 1.82) is 0 Å². The molecule has 0 aliphatic rings. The van der Waals surface area contributed by atoms with Crippen LogP contribution in [0.15, 0.2) is 102 Å². The van der Waals surface area contributed by atoms with Crippen LogP contribution in [-0.4, -0.2) is 24.2 Å². The molecule has 0 N–H and O–H groups in total. The predicted molar refractivity (Wildman–Crippen MR) is 162 cm³/mol. The Hall–Kier alpha value is -3.85. The van der Waals surface area contributed by atoms with Crippen molar-refractivity contribution in [3.63, 3.8) is 0 Å². The SMILES string of the molecule is CS(=O)(=O)c1ccc(Cn2cc(-c3ccc(Cl)cc3Cl)nc2C=Cc2ccc(-c3cccc(C(F)(F)F)c3)cc2)cc1. The third kappa shape index (κ3) is 6.95. The van der Waals surface area contributed by atoms with Gasteiger partial charge in [-0.1, -0.05) is 77.8 Å². The van der Waals surface area contributed by atoms with Crippen LogP contribution in [0.2, 0.25) is 10.0 Å². The van der Waals surface area contributed by atoms with E-state index in [1.165, 1.54) is 6.07 Å². The maximum absolute atomic E-state index is 13.1. The molecule has 214 valence electrons. The molecule has 0 saturated carbocycles. The smallest absolute Gasteiger partial charge is 0.326 e. The number of sulfone groups is 1. The van der Waals surface area contributed by atoms with Crippen molar-refractivity contribution in [2.24, 2.45) is 0 Å². The number of imidazole rings is 1. The Morgan fingerprint density at radius 3 is 2.21 bits per heavy atom. The van der Waals surface area contributed by atoms with E-state index in [1.54, 1.807) is 60.7 Å². The predicted octanol–water partition coefficient (Wildman–Crippen LogP) is 9.16. The van der Waals surface area contributed by atoms with Gasteiger partial charge in [0.15, 0.2) is 9.84 Å². The number of hydrogen-bond donors (Lipinski definition) is 0. The zero-order valence-corrected chi connectivity index (χ0v) is 24.4. The Kier molecular flexibility index (Phi) is 8.32. The number of aromatic nitrogens is 2. The molecular weight excluding hydrogens is 604 g/mol. The fourth-order valence-electron chi connectivity index (χ4n) is 4.39. The molecule has 4 aromatic carbocycles. The molecule has 0 aliphatic carbocycles. The fourth-order valence-corrected chi connectivity index (χ4v) is 5.52. The highest BCUT2D eigenvalue weighted by Gasteiger charge is 2.30. The van der Waals surface area contributed by atoms with Crippen molar-refractivity contribution in [3.8, 4) is 22.4 Å². The summed E-state index contributed by atoms with van der Waals surface area (Å²) in [5.74, 6) is 0.616. The van der Waals surface area contributed by atoms with E-state index in [4.69, 9.17) is 28.2 Å². The molecule has 0 spiro atoms. The van der Waals surface area contributed by atoms with Gasteiger partial charge in [0.1, 0.15) is 5.82 Å². The molecule has 0 aliphatic heterocycles. The van der Waals surface area contributed by atoms with Crippen LogP contribution in [0.4, 0.5) is 13.2 Å². The van der Waals surface area contributed by atoms with Crippen molar-refractivity contribution in [3.05, 3.63) is 130 Å². The number of rotatable bonds is 7. The first-order chi connectivity index (χ1) is 19.9. The van der Waals surface area contributed by atoms with Crippen LogP contribution in [0.5, 0.6) is 0 Å². The molecule has 0 saturated heterocycles. The van der Waals surface area contributed by atoms with Crippen molar-refractivity contribution in [1.82, 2.24) is 9.55 Å². The lowest BCUT2D eigenvalue weighted by atomic mass is 10.0. The summed E-state index contributed by atoms with van der Waals surface area (Å²) in [6.45, 7) is 0.413. The Morgan fingerprint density at radius 1 is 0.857 bits per heavy atom. The summed E-state index contributed by atoms with van der Waals surface area (Å²) in [6.07, 6.45) is 2.29. The van der Waals surface area contributed by atoms with Crippen molar-refractivity contribution >= 4 is 45.2 Å². The van der Waals surface area contributed by atoms with E-state index in [-0.39, 0.29) is 4.90 Å². The first-order valence-corrected chi connectivity index (χ1v) is 15.3. The lowest BCUT2D eigenvalue weighted by molar-refractivity contribution is -0.137. The molecule has 5 rings (SSSR count). The minimum absolute atomic E-state index is 0.235. The zero-order chi connectivity index (χ0) is 30.1. The molecule has 1 aromatic heterocycles. The summed E-state index contributed by atoms with van der Waals surface area (Å²) in [7, 11) is -3.32. The molecule has 1 heterocycles. The highest BCUT2D eigenvalue weighted by Crippen LogP contribution is 2.33. The average molecular weight is 628 g/mol. The molecule has 42 heavy (non-hydrogen) atoms. The third-order valence-electron chi connectivity index (χ3n) is 6.58. The van der Waals surface area contributed by atoms with E-state index in [0.717, 1.165) is 29.5 Å². The molecule has 0 unspecified atom stereocenters. The van der Waals surface area contributed by atoms with E-state index in [9.17, 15) is 21.6 Å². The fraction of sp³-hybridized carbons (Fsp3) is 0.0938. The first kappa shape index (κ1) is 29.6. The summed E-state index contributed by atoms with van der Waals surface area (Å²) in [5, 5.41) is 0.952. The number of halogens is 5. The second-order valence-corrected chi connectivity index (χ2v) is 12.5. The minimum atomic E-state index is -4.41. The number of alkyl halides is 3. The maximum Gasteiger partial charge on any atom is 0.416 e. The van der Waals surface area contributed by atoms with Crippen molar-refractivity contribution in [2.75, 3.05) is 6.26 Å². The van der Waals surface area contributed by atoms with Gasteiger partial charge in [-0.25, -0.2) is 13.4 Å². The first-order valence-electron chi connectivity index (χ1n) is 12.6. The largest absolute Gasteiger partial charge is 0.416 e. The van der Waals surface area contributed by atoms with Gasteiger partial charge in [-0.3, -0.25) is 0 Å². The Balaban J connectivity index is 1.45. The highest BCUT2D eigenvalue weighted by atomic mass is 35.5. The summed E-state index contributed by atoms with van der Waals surface area (Å²) >= 11 is 12.5. The lowest BCUT2D eigenvalue weighted by Crippen LogP contribution is -2.04. The van der Waals surface area contributed by atoms with Gasteiger partial charge in [0.2, 0.25) is 0 Å². The van der Waals surface area contributed by atoms with Gasteiger partial charge in [-0.05, 0) is 70.8 Å². The molecule has 5 aromatic rings. The maximum atomic E-state index is 13.1. The number of benzene rings is 4. The number of nitrogens with zero attached hydrogens (tertiary/aromatic N) is 2. The second-order valence-electron chi connectivity index (χ2n) is 9.69. The van der Waals surface area contributed by atoms with Crippen LogP contribution >= 0.6 is 23.2 Å². The normalized spacial score (nSPS) is 12.2. The molecule has 0 amide bonds. The second kappa shape index (κ2) is 11.8. The highest BCUT2D eigenvalue weighted by molar-refractivity contribution is 7.90. The third-order valence-corrected chi connectivity index (χ3v) is 8.25. The van der Waals surface area contributed by atoms with Gasteiger partial charge in [-0.2, -0.15) is 13.2 Å². The van der Waals surface area contributed by atoms with Crippen LogP contribution in [-0.2, 0) is 22.6 Å². The van der Waals surface area contributed by atoms with E-state index in [1.807, 2.05) is 35.0 Å². The molecule has 0 bridgehead atoms. The zero-order valence-electron chi connectivity index (χ0n) is 22.1. The van der Waals surface area contributed by atoms with Gasteiger partial charge in [0.05, 0.1) is 21.2 Å². The van der Waals surface area contributed by atoms with Crippen LogP contribution < -0.4 is 0 Å². The van der Waals surface area contributed by atoms with Gasteiger partial charge < -0.3 is 4.57 Å². The topological polar surface area (TPSA) is 52.0 Å². The minimum Gasteiger partial charge on any atom is -0.326 e. The van der Waals surface area contributed by atoms with E-state index in [2.05, 4.69) is 0 Å². The Bertz CT molecular complexity index is 1880. The van der Waals surface area contributed by atoms with E-state index >= 15 is 0 Å². The summed E-state index contributed by atoms with van der Waals surface area (Å²) in [6, 6.07) is 24.2. The van der Waals surface area contributed by atoms with Crippen LogP contribution in [0.1, 0.15) is 22.5 Å². The quantitative estimate of drug-likeness (QED) is 0.181. The molecule has 0 fully saturated rings. The van der Waals surface area contributed by atoms with Crippen molar-refractivity contribution < 1.29 is 21.6 Å². The lowest BCUT2D eigenvalue weighted by Gasteiger charge is -2.09. The van der Waals surface area contributed by atoms with Gasteiger partial charge >= 0.3 is 6.18 Å². The summed E-state index contributed by atoms with van der Waals surface area (Å²) in [5.41, 5.74) is 3.46. The van der Waals surface area contributed by atoms with Crippen molar-refractivity contribution in [2.45, 2.75) is 17.6 Å². The molecule has 10 heteroatoms. The van der Waals surface area contributed by atoms with Crippen LogP contribution in [0.25, 0.3) is 34.5 Å². The number of hydrogen-bond acceptors (Lipinski definition) is 3. The van der Waals surface area contributed by atoms with Gasteiger partial charge in [0, 0.05) is 29.6 Å². The molecule has 0 radical (unpaired) electrons. The van der Waals surface area contributed by atoms with Gasteiger partial charge in [-0.15, -0.1) is 0 Å². The van der Waals surface area contributed by atoms with Crippen LogP contribution in [0, 0.1) is 0 Å². The summed E-state index contributed by atoms with van der Waals surface area (Å²) in [4.78, 5) is 5.02. The standard InChI is InChI=1S/C32H23Cl2F3N2O2S/c1-42(40,41)27-13-7-22(8-14-27)19-39-20-30(28-15-12-26(33)18-29(28)34)38-31(39)16-9-21-5-10-23(11-6-21)24-3-2-4-25(17-24)32(35,36)37/h2-18,20H,19H2,1H3. The average Bonchev–Trinajstić information content (AvgIpc) is 3.33.